The number of halogens is 2. The molecule has 0 unspecified atom stereocenters. The molecule has 0 radical (unpaired) electrons. The van der Waals surface area contributed by atoms with E-state index in [9.17, 15) is 0 Å². The lowest BCUT2D eigenvalue weighted by molar-refractivity contribution is 0.663. The van der Waals surface area contributed by atoms with Gasteiger partial charge in [0.1, 0.15) is 0 Å². The molecule has 7 heteroatoms. The van der Waals surface area contributed by atoms with Gasteiger partial charge in [0, 0.05) is 8.95 Å². The van der Waals surface area contributed by atoms with Crippen LogP contribution < -0.4 is 5.32 Å². The SMILES string of the molecule is CCNCc1nnnn1-c1ccc(Br)cc1Br. The van der Waals surface area contributed by atoms with Crippen LogP contribution in [0.25, 0.3) is 5.69 Å². The Morgan fingerprint density at radius 2 is 2.18 bits per heavy atom. The molecule has 0 saturated carbocycles. The van der Waals surface area contributed by atoms with Crippen molar-refractivity contribution in [3.8, 4) is 5.69 Å². The first-order chi connectivity index (χ1) is 8.22. The normalized spacial score (nSPS) is 10.8. The minimum absolute atomic E-state index is 0.645. The van der Waals surface area contributed by atoms with Gasteiger partial charge in [-0.3, -0.25) is 0 Å². The number of hydrogen-bond acceptors (Lipinski definition) is 4. The molecule has 1 aromatic carbocycles. The Morgan fingerprint density at radius 1 is 1.35 bits per heavy atom. The van der Waals surface area contributed by atoms with Crippen molar-refractivity contribution in [1.29, 1.82) is 0 Å². The van der Waals surface area contributed by atoms with E-state index >= 15 is 0 Å². The molecular formula is C10H11Br2N5. The highest BCUT2D eigenvalue weighted by Gasteiger charge is 2.10. The Balaban J connectivity index is 2.35. The third kappa shape index (κ3) is 2.91. The van der Waals surface area contributed by atoms with E-state index in [1.165, 1.54) is 0 Å². The van der Waals surface area contributed by atoms with Crippen LogP contribution in [0.3, 0.4) is 0 Å². The van der Waals surface area contributed by atoms with E-state index in [4.69, 9.17) is 0 Å². The molecule has 2 aromatic rings. The molecular weight excluding hydrogens is 350 g/mol. The smallest absolute Gasteiger partial charge is 0.170 e. The van der Waals surface area contributed by atoms with Crippen LogP contribution in [-0.4, -0.2) is 26.8 Å². The Labute approximate surface area is 116 Å². The number of nitrogens with one attached hydrogen (secondary N) is 1. The van der Waals surface area contributed by atoms with Gasteiger partial charge in [-0.2, -0.15) is 4.68 Å². The lowest BCUT2D eigenvalue weighted by Gasteiger charge is -2.07. The molecule has 0 bridgehead atoms. The highest BCUT2D eigenvalue weighted by molar-refractivity contribution is 9.11. The number of nitrogens with zero attached hydrogens (tertiary/aromatic N) is 4. The first-order valence-electron chi connectivity index (χ1n) is 5.15. The second-order valence-electron chi connectivity index (χ2n) is 3.38. The molecule has 0 aliphatic rings. The van der Waals surface area contributed by atoms with Gasteiger partial charge in [0.25, 0.3) is 0 Å². The summed E-state index contributed by atoms with van der Waals surface area (Å²) >= 11 is 6.92. The predicted octanol–water partition coefficient (Wildman–Crippen LogP) is 2.30. The third-order valence-electron chi connectivity index (χ3n) is 2.21. The second-order valence-corrected chi connectivity index (χ2v) is 5.15. The second kappa shape index (κ2) is 5.70. The van der Waals surface area contributed by atoms with Crippen molar-refractivity contribution >= 4 is 31.9 Å². The van der Waals surface area contributed by atoms with Crippen molar-refractivity contribution < 1.29 is 0 Å². The average molecular weight is 361 g/mol. The zero-order valence-electron chi connectivity index (χ0n) is 9.19. The molecule has 5 nitrogen and oxygen atoms in total. The van der Waals surface area contributed by atoms with Crippen LogP contribution in [0.1, 0.15) is 12.7 Å². The molecule has 1 aromatic heterocycles. The number of rotatable bonds is 4. The maximum atomic E-state index is 4.00. The fourth-order valence-corrected chi connectivity index (χ4v) is 2.61. The van der Waals surface area contributed by atoms with Crippen molar-refractivity contribution in [3.63, 3.8) is 0 Å². The number of aromatic nitrogens is 4. The van der Waals surface area contributed by atoms with Crippen molar-refractivity contribution in [3.05, 3.63) is 33.0 Å². The molecule has 0 saturated heterocycles. The van der Waals surface area contributed by atoms with Crippen molar-refractivity contribution in [1.82, 2.24) is 25.5 Å². The van der Waals surface area contributed by atoms with Gasteiger partial charge in [-0.25, -0.2) is 0 Å². The zero-order valence-corrected chi connectivity index (χ0v) is 12.4. The molecule has 0 spiro atoms. The van der Waals surface area contributed by atoms with Crippen molar-refractivity contribution in [2.24, 2.45) is 0 Å². The summed E-state index contributed by atoms with van der Waals surface area (Å²) in [6.07, 6.45) is 0. The van der Waals surface area contributed by atoms with Crippen molar-refractivity contribution in [2.75, 3.05) is 6.54 Å². The molecule has 1 N–H and O–H groups in total. The molecule has 1 heterocycles. The van der Waals surface area contributed by atoms with Crippen LogP contribution in [0.2, 0.25) is 0 Å². The molecule has 2 rings (SSSR count). The highest BCUT2D eigenvalue weighted by Crippen LogP contribution is 2.24. The highest BCUT2D eigenvalue weighted by atomic mass is 79.9. The largest absolute Gasteiger partial charge is 0.310 e. The van der Waals surface area contributed by atoms with Gasteiger partial charge >= 0.3 is 0 Å². The molecule has 0 atom stereocenters. The standard InChI is InChI=1S/C10H11Br2N5/c1-2-13-6-10-14-15-16-17(10)9-4-3-7(11)5-8(9)12/h3-5,13H,2,6H2,1H3. The quantitative estimate of drug-likeness (QED) is 0.908. The summed E-state index contributed by atoms with van der Waals surface area (Å²) < 4.78 is 3.67. The van der Waals surface area contributed by atoms with Gasteiger partial charge in [-0.1, -0.05) is 22.9 Å². The molecule has 17 heavy (non-hydrogen) atoms. The monoisotopic (exact) mass is 359 g/mol. The van der Waals surface area contributed by atoms with Gasteiger partial charge in [-0.05, 0) is 51.1 Å². The third-order valence-corrected chi connectivity index (χ3v) is 3.33. The lowest BCUT2D eigenvalue weighted by atomic mass is 10.3. The van der Waals surface area contributed by atoms with Crippen LogP contribution in [0.4, 0.5) is 0 Å². The molecule has 90 valence electrons. The number of benzene rings is 1. The minimum atomic E-state index is 0.645. The van der Waals surface area contributed by atoms with E-state index in [1.54, 1.807) is 4.68 Å². The summed E-state index contributed by atoms with van der Waals surface area (Å²) in [7, 11) is 0. The fraction of sp³-hybridized carbons (Fsp3) is 0.300. The molecule has 0 fully saturated rings. The maximum Gasteiger partial charge on any atom is 0.170 e. The Bertz CT molecular complexity index is 511. The summed E-state index contributed by atoms with van der Waals surface area (Å²) in [4.78, 5) is 0. The summed E-state index contributed by atoms with van der Waals surface area (Å²) in [5.74, 6) is 0.787. The van der Waals surface area contributed by atoms with Gasteiger partial charge in [0.15, 0.2) is 5.82 Å². The minimum Gasteiger partial charge on any atom is -0.310 e. The summed E-state index contributed by atoms with van der Waals surface area (Å²) in [6, 6.07) is 5.88. The van der Waals surface area contributed by atoms with E-state index in [1.807, 2.05) is 25.1 Å². The maximum absolute atomic E-state index is 4.00. The number of hydrogen-bond donors (Lipinski definition) is 1. The molecule has 0 amide bonds. The first kappa shape index (κ1) is 12.7. The summed E-state index contributed by atoms with van der Waals surface area (Å²) in [6.45, 7) is 3.57. The average Bonchev–Trinajstić information content (AvgIpc) is 2.74. The van der Waals surface area contributed by atoms with E-state index in [0.717, 1.165) is 27.0 Å². The number of tetrazole rings is 1. The summed E-state index contributed by atoms with van der Waals surface area (Å²) in [5.41, 5.74) is 0.922. The van der Waals surface area contributed by atoms with Crippen LogP contribution in [0.15, 0.2) is 27.1 Å². The van der Waals surface area contributed by atoms with Crippen LogP contribution in [0.5, 0.6) is 0 Å². The Morgan fingerprint density at radius 3 is 2.88 bits per heavy atom. The van der Waals surface area contributed by atoms with Crippen LogP contribution in [-0.2, 0) is 6.54 Å². The first-order valence-corrected chi connectivity index (χ1v) is 6.74. The van der Waals surface area contributed by atoms with E-state index in [2.05, 4.69) is 52.7 Å². The van der Waals surface area contributed by atoms with E-state index < -0.39 is 0 Å². The summed E-state index contributed by atoms with van der Waals surface area (Å²) in [5, 5.41) is 14.9. The molecule has 0 aliphatic heterocycles. The van der Waals surface area contributed by atoms with Crippen LogP contribution >= 0.6 is 31.9 Å². The van der Waals surface area contributed by atoms with Gasteiger partial charge in [0.2, 0.25) is 0 Å². The van der Waals surface area contributed by atoms with Gasteiger partial charge in [-0.15, -0.1) is 5.10 Å². The Hall–Kier alpha value is -0.790. The zero-order chi connectivity index (χ0) is 12.3. The van der Waals surface area contributed by atoms with Gasteiger partial charge in [0.05, 0.1) is 12.2 Å². The lowest BCUT2D eigenvalue weighted by Crippen LogP contribution is -2.16. The van der Waals surface area contributed by atoms with Gasteiger partial charge < -0.3 is 5.32 Å². The topological polar surface area (TPSA) is 55.6 Å². The van der Waals surface area contributed by atoms with Crippen LogP contribution in [0, 0.1) is 0 Å². The predicted molar refractivity (Wildman–Crippen MR) is 71.9 cm³/mol. The van der Waals surface area contributed by atoms with Crippen molar-refractivity contribution in [2.45, 2.75) is 13.5 Å². The Kier molecular flexibility index (Phi) is 4.25. The fourth-order valence-electron chi connectivity index (χ4n) is 1.39. The van der Waals surface area contributed by atoms with E-state index in [-0.39, 0.29) is 0 Å². The molecule has 0 aliphatic carbocycles. The van der Waals surface area contributed by atoms with E-state index in [0.29, 0.717) is 6.54 Å².